The monoisotopic (exact) mass is 1050 g/mol. The fraction of sp³-hybridized carbons (Fsp3) is 0.288. The molecule has 5 aromatic carbocycles. The first-order chi connectivity index (χ1) is 37.4. The zero-order valence-corrected chi connectivity index (χ0v) is 43.1. The van der Waals surface area contributed by atoms with Gasteiger partial charge >= 0.3 is 23.9 Å². The fourth-order valence-corrected chi connectivity index (χ4v) is 8.03. The predicted octanol–water partition coefficient (Wildman–Crippen LogP) is 8.36. The number of hydrogen-bond donors (Lipinski definition) is 3. The van der Waals surface area contributed by atoms with Gasteiger partial charge < -0.3 is 44.2 Å². The minimum Gasteiger partial charge on any atom is -0.481 e. The Labute approximate surface area is 446 Å². The molecule has 1 heterocycles. The number of unbranched alkanes of at least 4 members (excludes halogenated alkanes) is 2. The highest BCUT2D eigenvalue weighted by Gasteiger charge is 2.34. The van der Waals surface area contributed by atoms with Crippen LogP contribution in [-0.2, 0) is 62.8 Å². The Hall–Kier alpha value is -9.06. The van der Waals surface area contributed by atoms with Gasteiger partial charge in [-0.2, -0.15) is 5.06 Å². The van der Waals surface area contributed by atoms with Crippen LogP contribution < -0.4 is 20.7 Å². The number of furan rings is 1. The normalized spacial score (nSPS) is 11.9. The average Bonchev–Trinajstić information content (AvgIpc) is 3.96. The van der Waals surface area contributed by atoms with Crippen LogP contribution in [0.25, 0.3) is 11.3 Å². The number of amides is 4. The summed E-state index contributed by atoms with van der Waals surface area (Å²) in [7, 11) is 0. The molecule has 6 rings (SSSR count). The molecule has 0 saturated carbocycles. The number of hydroxylamine groups is 2. The highest BCUT2D eigenvalue weighted by atomic mass is 16.7. The van der Waals surface area contributed by atoms with E-state index >= 15 is 0 Å². The third-order valence-corrected chi connectivity index (χ3v) is 12.2. The van der Waals surface area contributed by atoms with Crippen molar-refractivity contribution >= 4 is 48.0 Å². The second-order valence-electron chi connectivity index (χ2n) is 17.7. The minimum atomic E-state index is -1.52. The first-order valence-electron chi connectivity index (χ1n) is 25.2. The third-order valence-electron chi connectivity index (χ3n) is 12.2. The number of hydrogen-bond acceptors (Lipinski definition) is 14. The first-order valence-corrected chi connectivity index (χ1v) is 25.2. The van der Waals surface area contributed by atoms with Crippen LogP contribution in [-0.4, -0.2) is 78.4 Å². The molecule has 3 N–H and O–H groups in total. The van der Waals surface area contributed by atoms with Crippen molar-refractivity contribution in [3.8, 4) is 17.1 Å². The molecule has 0 radical (unpaired) electrons. The van der Waals surface area contributed by atoms with Crippen molar-refractivity contribution in [1.29, 1.82) is 0 Å². The molecule has 18 nitrogen and oxygen atoms in total. The number of rotatable bonds is 29. The number of ether oxygens (including phenoxy) is 4. The van der Waals surface area contributed by atoms with Gasteiger partial charge in [0.05, 0.1) is 36.2 Å². The van der Waals surface area contributed by atoms with E-state index in [0.29, 0.717) is 41.5 Å². The maximum absolute atomic E-state index is 14.2. The van der Waals surface area contributed by atoms with Crippen molar-refractivity contribution in [2.45, 2.75) is 91.2 Å². The molecule has 0 spiro atoms. The highest BCUT2D eigenvalue weighted by Crippen LogP contribution is 2.30. The lowest BCUT2D eigenvalue weighted by Gasteiger charge is -2.32. The molecule has 402 valence electrons. The Morgan fingerprint density at radius 1 is 0.649 bits per heavy atom. The largest absolute Gasteiger partial charge is 0.481 e. The van der Waals surface area contributed by atoms with Crippen LogP contribution in [0.2, 0.25) is 0 Å². The summed E-state index contributed by atoms with van der Waals surface area (Å²) >= 11 is 0. The number of carbonyl (C=O) groups is 8. The SMILES string of the molecule is CCCCCC(C(=O)NCNC(=O)c1ccc(-c2ccc(C(=O)NC(CC(=O)OCc3ccccc3)C(=O)OCc3ccccc3)c(OCC(=O)OCc3ccccc3)c2)o1)C(CC)N(C=O)OC(=O)c1ccccc1C. The third kappa shape index (κ3) is 17.5. The number of nitrogens with zero attached hydrogens (tertiary/aromatic N) is 1. The molecule has 0 bridgehead atoms. The summed E-state index contributed by atoms with van der Waals surface area (Å²) in [4.78, 5) is 112. The summed E-state index contributed by atoms with van der Waals surface area (Å²) in [6.45, 7) is 4.28. The van der Waals surface area contributed by atoms with Gasteiger partial charge in [0.2, 0.25) is 12.3 Å². The smallest absolute Gasteiger partial charge is 0.363 e. The first kappa shape index (κ1) is 57.2. The van der Waals surface area contributed by atoms with Crippen molar-refractivity contribution in [3.05, 3.63) is 185 Å². The van der Waals surface area contributed by atoms with Crippen molar-refractivity contribution in [1.82, 2.24) is 21.0 Å². The highest BCUT2D eigenvalue weighted by molar-refractivity contribution is 6.00. The van der Waals surface area contributed by atoms with Gasteiger partial charge in [-0.3, -0.25) is 24.0 Å². The molecule has 1 aromatic heterocycles. The zero-order chi connectivity index (χ0) is 54.9. The Morgan fingerprint density at radius 2 is 1.26 bits per heavy atom. The molecule has 3 atom stereocenters. The van der Waals surface area contributed by atoms with Crippen molar-refractivity contribution in [2.24, 2.45) is 5.92 Å². The molecule has 4 amide bonds. The van der Waals surface area contributed by atoms with Crippen LogP contribution in [0.5, 0.6) is 5.75 Å². The van der Waals surface area contributed by atoms with Gasteiger partial charge in [0.1, 0.15) is 37.4 Å². The molecule has 0 fully saturated rings. The zero-order valence-electron chi connectivity index (χ0n) is 43.1. The van der Waals surface area contributed by atoms with Crippen LogP contribution in [0.15, 0.2) is 150 Å². The number of benzene rings is 5. The van der Waals surface area contributed by atoms with Gasteiger partial charge in [0, 0.05) is 5.56 Å². The molecule has 0 aliphatic rings. The molecule has 0 aliphatic heterocycles. The van der Waals surface area contributed by atoms with E-state index < -0.39 is 72.6 Å². The molecule has 0 aliphatic carbocycles. The predicted molar refractivity (Wildman–Crippen MR) is 281 cm³/mol. The van der Waals surface area contributed by atoms with E-state index in [1.165, 1.54) is 30.3 Å². The summed E-state index contributed by atoms with van der Waals surface area (Å²) in [6, 6.07) is 38.2. The molecule has 77 heavy (non-hydrogen) atoms. The summed E-state index contributed by atoms with van der Waals surface area (Å²) < 4.78 is 28.2. The maximum Gasteiger partial charge on any atom is 0.363 e. The summed E-state index contributed by atoms with van der Waals surface area (Å²) in [5.41, 5.74) is 3.18. The van der Waals surface area contributed by atoms with Crippen LogP contribution in [0.4, 0.5) is 0 Å². The summed E-state index contributed by atoms with van der Waals surface area (Å²) in [5, 5.41) is 8.79. The van der Waals surface area contributed by atoms with Crippen molar-refractivity contribution in [2.75, 3.05) is 13.3 Å². The summed E-state index contributed by atoms with van der Waals surface area (Å²) in [6.07, 6.45) is 2.78. The van der Waals surface area contributed by atoms with Crippen LogP contribution in [0.3, 0.4) is 0 Å². The fourth-order valence-electron chi connectivity index (χ4n) is 8.03. The molecule has 6 aromatic rings. The molecular formula is C59H62N4O14. The standard InChI is InChI=1S/C59H62N4O14/c1-4-6-10-27-46(49(5-2)63(39-64)77-58(70)45-26-18-17-19-40(45)3)55(67)60-38-61-57(69)51-31-30-50(76-51)44-28-29-47(52(32-44)72-37-54(66)74-35-42-22-13-8-14-23-42)56(68)62-48(59(71)75-36-43-24-15-9-16-25-43)33-53(65)73-34-41-20-11-7-12-21-41/h7-9,11-26,28-32,39,46,48-49H,4-6,10,27,33-38H2,1-3H3,(H,60,67)(H,61,69)(H,62,68). The van der Waals surface area contributed by atoms with Gasteiger partial charge in [0.15, 0.2) is 12.4 Å². The lowest BCUT2D eigenvalue weighted by Crippen LogP contribution is -2.49. The quantitative estimate of drug-likeness (QED) is 0.0100. The van der Waals surface area contributed by atoms with E-state index in [1.54, 1.807) is 117 Å². The van der Waals surface area contributed by atoms with Gasteiger partial charge in [0.25, 0.3) is 11.8 Å². The molecule has 0 saturated heterocycles. The molecule has 18 heteroatoms. The van der Waals surface area contributed by atoms with Crippen molar-refractivity contribution in [3.63, 3.8) is 0 Å². The lowest BCUT2D eigenvalue weighted by molar-refractivity contribution is -0.171. The summed E-state index contributed by atoms with van der Waals surface area (Å²) in [5.74, 6) is -6.23. The lowest BCUT2D eigenvalue weighted by atomic mass is 9.90. The van der Waals surface area contributed by atoms with Gasteiger partial charge in [-0.05, 0) is 72.4 Å². The Bertz CT molecular complexity index is 2930. The van der Waals surface area contributed by atoms with Crippen LogP contribution in [0, 0.1) is 12.8 Å². The minimum absolute atomic E-state index is 0.0475. The Kier molecular flexibility index (Phi) is 22.1. The number of nitrogens with one attached hydrogen (secondary N) is 3. The van der Waals surface area contributed by atoms with Crippen LogP contribution >= 0.6 is 0 Å². The van der Waals surface area contributed by atoms with E-state index in [-0.39, 0.29) is 61.3 Å². The van der Waals surface area contributed by atoms with Gasteiger partial charge in [-0.1, -0.05) is 148 Å². The average molecular weight is 1050 g/mol. The second kappa shape index (κ2) is 29.7. The van der Waals surface area contributed by atoms with Gasteiger partial charge in [-0.25, -0.2) is 14.4 Å². The van der Waals surface area contributed by atoms with E-state index in [1.807, 2.05) is 19.1 Å². The second-order valence-corrected chi connectivity index (χ2v) is 17.7. The van der Waals surface area contributed by atoms with E-state index in [2.05, 4.69) is 16.0 Å². The van der Waals surface area contributed by atoms with E-state index in [4.69, 9.17) is 28.2 Å². The number of esters is 3. The molecule has 3 unspecified atom stereocenters. The Morgan fingerprint density at radius 3 is 1.87 bits per heavy atom. The van der Waals surface area contributed by atoms with E-state index in [0.717, 1.165) is 23.5 Å². The number of aryl methyl sites for hydroxylation is 1. The molecular weight excluding hydrogens is 989 g/mol. The maximum atomic E-state index is 14.2. The topological polar surface area (TPSA) is 235 Å². The van der Waals surface area contributed by atoms with Crippen LogP contribution in [0.1, 0.15) is 106 Å². The Balaban J connectivity index is 1.16. The van der Waals surface area contributed by atoms with E-state index in [9.17, 15) is 38.4 Å². The number of carbonyl (C=O) groups excluding carboxylic acids is 8. The van der Waals surface area contributed by atoms with Crippen molar-refractivity contribution < 1.29 is 66.6 Å². The van der Waals surface area contributed by atoms with Gasteiger partial charge in [-0.15, -0.1) is 0 Å².